The summed E-state index contributed by atoms with van der Waals surface area (Å²) in [7, 11) is 0. The molecule has 7 nitrogen and oxygen atoms in total. The fourth-order valence-corrected chi connectivity index (χ4v) is 2.47. The average molecular weight is 398 g/mol. The molecule has 1 atom stereocenters. The fraction of sp³-hybridized carbons (Fsp3) is 0.389. The van der Waals surface area contributed by atoms with E-state index in [9.17, 15) is 27.6 Å². The number of H-pyrrole nitrogens is 1. The van der Waals surface area contributed by atoms with Gasteiger partial charge in [0.1, 0.15) is 6.54 Å². The first kappa shape index (κ1) is 21.4. The van der Waals surface area contributed by atoms with Gasteiger partial charge in [-0.2, -0.15) is 13.2 Å². The molecule has 1 aromatic carbocycles. The Morgan fingerprint density at radius 1 is 1.21 bits per heavy atom. The summed E-state index contributed by atoms with van der Waals surface area (Å²) in [6.45, 7) is 2.04. The van der Waals surface area contributed by atoms with Crippen molar-refractivity contribution < 1.29 is 18.0 Å². The molecule has 0 aliphatic carbocycles. The SMILES string of the molecule is Cc1ccc(NC(=O)CC(C)NCc2cn(CC(F)(F)F)c(=O)[nH]c2=O)cc1. The highest BCUT2D eigenvalue weighted by Gasteiger charge is 2.28. The van der Waals surface area contributed by atoms with Crippen molar-refractivity contribution in [1.29, 1.82) is 0 Å². The molecule has 3 N–H and O–H groups in total. The van der Waals surface area contributed by atoms with Crippen molar-refractivity contribution in [3.05, 3.63) is 62.4 Å². The van der Waals surface area contributed by atoms with Gasteiger partial charge in [-0.3, -0.25) is 19.1 Å². The number of halogens is 3. The van der Waals surface area contributed by atoms with Crippen LogP contribution in [0.4, 0.5) is 18.9 Å². The van der Waals surface area contributed by atoms with Crippen LogP contribution < -0.4 is 21.9 Å². The zero-order valence-corrected chi connectivity index (χ0v) is 15.4. The number of anilines is 1. The van der Waals surface area contributed by atoms with Crippen LogP contribution in [0.2, 0.25) is 0 Å². The summed E-state index contributed by atoms with van der Waals surface area (Å²) in [5.41, 5.74) is -0.220. The number of carbonyl (C=O) groups is 1. The quantitative estimate of drug-likeness (QED) is 0.664. The largest absolute Gasteiger partial charge is 0.406 e. The Hall–Kier alpha value is -2.88. The number of benzene rings is 1. The molecule has 2 rings (SSSR count). The number of aryl methyl sites for hydroxylation is 1. The summed E-state index contributed by atoms with van der Waals surface area (Å²) in [4.78, 5) is 37.2. The Morgan fingerprint density at radius 2 is 1.86 bits per heavy atom. The first-order valence-electron chi connectivity index (χ1n) is 8.53. The smallest absolute Gasteiger partial charge is 0.326 e. The summed E-state index contributed by atoms with van der Waals surface area (Å²) in [6, 6.07) is 6.91. The number of amides is 1. The third-order valence-corrected chi connectivity index (χ3v) is 3.90. The van der Waals surface area contributed by atoms with Crippen LogP contribution >= 0.6 is 0 Å². The maximum absolute atomic E-state index is 12.5. The van der Waals surface area contributed by atoms with Crippen molar-refractivity contribution in [2.75, 3.05) is 5.32 Å². The molecule has 0 spiro atoms. The van der Waals surface area contributed by atoms with E-state index in [4.69, 9.17) is 0 Å². The number of aromatic nitrogens is 2. The summed E-state index contributed by atoms with van der Waals surface area (Å²) in [5, 5.41) is 5.63. The van der Waals surface area contributed by atoms with Crippen LogP contribution in [0.5, 0.6) is 0 Å². The van der Waals surface area contributed by atoms with Gasteiger partial charge in [-0.05, 0) is 26.0 Å². The topological polar surface area (TPSA) is 96.0 Å². The van der Waals surface area contributed by atoms with Gasteiger partial charge < -0.3 is 10.6 Å². The molecule has 0 aliphatic heterocycles. The van der Waals surface area contributed by atoms with Gasteiger partial charge in [0.15, 0.2) is 0 Å². The molecular weight excluding hydrogens is 377 g/mol. The van der Waals surface area contributed by atoms with Crippen LogP contribution in [0, 0.1) is 6.92 Å². The predicted molar refractivity (Wildman–Crippen MR) is 98.1 cm³/mol. The number of carbonyl (C=O) groups excluding carboxylic acids is 1. The van der Waals surface area contributed by atoms with Crippen molar-refractivity contribution in [2.45, 2.75) is 45.6 Å². The van der Waals surface area contributed by atoms with Crippen LogP contribution in [0.25, 0.3) is 0 Å². The predicted octanol–water partition coefficient (Wildman–Crippen LogP) is 1.91. The third-order valence-electron chi connectivity index (χ3n) is 3.90. The van der Waals surface area contributed by atoms with Gasteiger partial charge in [-0.25, -0.2) is 4.79 Å². The summed E-state index contributed by atoms with van der Waals surface area (Å²) in [5.74, 6) is -0.250. The molecule has 1 heterocycles. The molecule has 1 unspecified atom stereocenters. The second kappa shape index (κ2) is 8.87. The second-order valence-electron chi connectivity index (χ2n) is 6.56. The van der Waals surface area contributed by atoms with E-state index in [0.717, 1.165) is 11.8 Å². The molecule has 10 heteroatoms. The molecule has 1 aromatic heterocycles. The number of aromatic amines is 1. The van der Waals surface area contributed by atoms with E-state index in [0.29, 0.717) is 10.3 Å². The molecule has 0 radical (unpaired) electrons. The van der Waals surface area contributed by atoms with Crippen LogP contribution in [-0.2, 0) is 17.9 Å². The van der Waals surface area contributed by atoms with Gasteiger partial charge in [-0.15, -0.1) is 0 Å². The van der Waals surface area contributed by atoms with Crippen LogP contribution in [0.15, 0.2) is 40.1 Å². The van der Waals surface area contributed by atoms with E-state index < -0.39 is 24.0 Å². The highest BCUT2D eigenvalue weighted by molar-refractivity contribution is 5.91. The number of alkyl halides is 3. The Morgan fingerprint density at radius 3 is 2.46 bits per heavy atom. The van der Waals surface area contributed by atoms with Gasteiger partial charge in [0.2, 0.25) is 5.91 Å². The number of nitrogens with one attached hydrogen (secondary N) is 3. The lowest BCUT2D eigenvalue weighted by molar-refractivity contribution is -0.141. The van der Waals surface area contributed by atoms with E-state index in [1.54, 1.807) is 19.1 Å². The van der Waals surface area contributed by atoms with Crippen LogP contribution in [0.1, 0.15) is 24.5 Å². The molecule has 0 bridgehead atoms. The second-order valence-corrected chi connectivity index (χ2v) is 6.56. The van der Waals surface area contributed by atoms with E-state index in [2.05, 4.69) is 10.6 Å². The molecule has 2 aromatic rings. The Labute approximate surface area is 158 Å². The molecule has 28 heavy (non-hydrogen) atoms. The Balaban J connectivity index is 1.94. The third kappa shape index (κ3) is 6.69. The lowest BCUT2D eigenvalue weighted by Gasteiger charge is -2.15. The summed E-state index contributed by atoms with van der Waals surface area (Å²) in [6.07, 6.45) is -3.62. The molecule has 1 amide bonds. The van der Waals surface area contributed by atoms with Crippen molar-refractivity contribution in [3.8, 4) is 0 Å². The minimum Gasteiger partial charge on any atom is -0.326 e. The molecule has 0 aliphatic rings. The number of hydrogen-bond acceptors (Lipinski definition) is 4. The van der Waals surface area contributed by atoms with Gasteiger partial charge >= 0.3 is 11.9 Å². The normalized spacial score (nSPS) is 12.6. The van der Waals surface area contributed by atoms with Crippen molar-refractivity contribution in [2.24, 2.45) is 0 Å². The standard InChI is InChI=1S/C18H21F3N4O3/c1-11-3-5-14(6-4-11)23-15(26)7-12(2)22-8-13-9-25(10-18(19,20)21)17(28)24-16(13)27/h3-6,9,12,22H,7-8,10H2,1-2H3,(H,23,26)(H,24,27,28). The molecule has 0 fully saturated rings. The van der Waals surface area contributed by atoms with Gasteiger partial charge in [-0.1, -0.05) is 17.7 Å². The highest BCUT2D eigenvalue weighted by Crippen LogP contribution is 2.16. The van der Waals surface area contributed by atoms with E-state index in [1.165, 1.54) is 0 Å². The summed E-state index contributed by atoms with van der Waals surface area (Å²) < 4.78 is 37.9. The van der Waals surface area contributed by atoms with E-state index in [1.807, 2.05) is 24.0 Å². The van der Waals surface area contributed by atoms with Crippen molar-refractivity contribution in [1.82, 2.24) is 14.9 Å². The van der Waals surface area contributed by atoms with Gasteiger partial charge in [0.25, 0.3) is 5.56 Å². The molecular formula is C18H21F3N4O3. The minimum absolute atomic E-state index is 0.0327. The Bertz CT molecular complexity index is 933. The van der Waals surface area contributed by atoms with E-state index >= 15 is 0 Å². The average Bonchev–Trinajstić information content (AvgIpc) is 2.57. The zero-order valence-electron chi connectivity index (χ0n) is 15.4. The highest BCUT2D eigenvalue weighted by atomic mass is 19.4. The minimum atomic E-state index is -4.59. The van der Waals surface area contributed by atoms with Gasteiger partial charge in [0, 0.05) is 36.5 Å². The zero-order chi connectivity index (χ0) is 20.9. The summed E-state index contributed by atoms with van der Waals surface area (Å²) >= 11 is 0. The van der Waals surface area contributed by atoms with Crippen molar-refractivity contribution in [3.63, 3.8) is 0 Å². The molecule has 0 saturated heterocycles. The number of rotatable bonds is 7. The first-order chi connectivity index (χ1) is 13.0. The molecule has 0 saturated carbocycles. The maximum Gasteiger partial charge on any atom is 0.406 e. The van der Waals surface area contributed by atoms with Crippen molar-refractivity contribution >= 4 is 11.6 Å². The molecule has 152 valence electrons. The Kier molecular flexibility index (Phi) is 6.79. The lowest BCUT2D eigenvalue weighted by Crippen LogP contribution is -2.38. The number of nitrogens with zero attached hydrogens (tertiary/aromatic N) is 1. The monoisotopic (exact) mass is 398 g/mol. The van der Waals surface area contributed by atoms with Crippen LogP contribution in [0.3, 0.4) is 0 Å². The lowest BCUT2D eigenvalue weighted by atomic mass is 10.2. The van der Waals surface area contributed by atoms with Crippen LogP contribution in [-0.4, -0.2) is 27.7 Å². The van der Waals surface area contributed by atoms with E-state index in [-0.39, 0.29) is 30.5 Å². The fourth-order valence-electron chi connectivity index (χ4n) is 2.47. The first-order valence-corrected chi connectivity index (χ1v) is 8.53. The number of hydrogen-bond donors (Lipinski definition) is 3. The van der Waals surface area contributed by atoms with Gasteiger partial charge in [0.05, 0.1) is 0 Å². The maximum atomic E-state index is 12.5.